The number of amides is 2. The summed E-state index contributed by atoms with van der Waals surface area (Å²) < 4.78 is 0. The van der Waals surface area contributed by atoms with E-state index in [0.717, 1.165) is 16.9 Å². The van der Waals surface area contributed by atoms with Crippen molar-refractivity contribution in [3.63, 3.8) is 0 Å². The first kappa shape index (κ1) is 13.4. The van der Waals surface area contributed by atoms with Gasteiger partial charge in [-0.05, 0) is 36.8 Å². The molecular weight excluding hydrogens is 260 g/mol. The summed E-state index contributed by atoms with van der Waals surface area (Å²) >= 11 is 6.03. The first-order valence-corrected chi connectivity index (χ1v) is 6.32. The van der Waals surface area contributed by atoms with E-state index in [1.807, 2.05) is 49.4 Å². The summed E-state index contributed by atoms with van der Waals surface area (Å²) in [7, 11) is 1.73. The Labute approximate surface area is 117 Å². The van der Waals surface area contributed by atoms with Gasteiger partial charge in [-0.15, -0.1) is 0 Å². The fraction of sp³-hybridized carbons (Fsp3) is 0.133. The largest absolute Gasteiger partial charge is 0.326 e. The molecule has 0 aromatic heterocycles. The smallest absolute Gasteiger partial charge is 0.307 e. The van der Waals surface area contributed by atoms with Gasteiger partial charge in [0, 0.05) is 23.4 Å². The molecule has 0 radical (unpaired) electrons. The van der Waals surface area contributed by atoms with Crippen molar-refractivity contribution in [3.8, 4) is 0 Å². The molecule has 2 amide bonds. The number of nitrogens with zero attached hydrogens (tertiary/aromatic N) is 1. The molecule has 1 N–H and O–H groups in total. The Morgan fingerprint density at radius 2 is 1.79 bits per heavy atom. The second kappa shape index (κ2) is 5.76. The zero-order valence-electron chi connectivity index (χ0n) is 10.9. The van der Waals surface area contributed by atoms with E-state index >= 15 is 0 Å². The van der Waals surface area contributed by atoms with Gasteiger partial charge in [0.25, 0.3) is 0 Å². The topological polar surface area (TPSA) is 32.3 Å². The Hall–Kier alpha value is -2.00. The minimum atomic E-state index is -0.198. The molecule has 0 saturated carbocycles. The van der Waals surface area contributed by atoms with Crippen LogP contribution in [0.2, 0.25) is 5.02 Å². The Balaban J connectivity index is 2.15. The number of urea groups is 1. The summed E-state index contributed by atoms with van der Waals surface area (Å²) in [4.78, 5) is 13.7. The van der Waals surface area contributed by atoms with Gasteiger partial charge in [0.1, 0.15) is 0 Å². The van der Waals surface area contributed by atoms with Gasteiger partial charge in [-0.3, -0.25) is 4.90 Å². The van der Waals surface area contributed by atoms with E-state index in [-0.39, 0.29) is 6.03 Å². The highest BCUT2D eigenvalue weighted by atomic mass is 35.5. The van der Waals surface area contributed by atoms with Gasteiger partial charge in [0.05, 0.1) is 0 Å². The van der Waals surface area contributed by atoms with Gasteiger partial charge in [-0.2, -0.15) is 0 Å². The lowest BCUT2D eigenvalue weighted by Gasteiger charge is -2.19. The van der Waals surface area contributed by atoms with Gasteiger partial charge in [-0.25, -0.2) is 4.79 Å². The fourth-order valence-corrected chi connectivity index (χ4v) is 1.89. The van der Waals surface area contributed by atoms with E-state index in [1.165, 1.54) is 0 Å². The molecule has 2 aromatic carbocycles. The summed E-state index contributed by atoms with van der Waals surface area (Å²) in [6, 6.07) is 14.7. The van der Waals surface area contributed by atoms with Crippen LogP contribution in [0.4, 0.5) is 16.2 Å². The lowest BCUT2D eigenvalue weighted by molar-refractivity contribution is 0.258. The van der Waals surface area contributed by atoms with Gasteiger partial charge < -0.3 is 5.32 Å². The molecule has 0 spiro atoms. The molecule has 0 aliphatic carbocycles. The second-order valence-electron chi connectivity index (χ2n) is 4.24. The quantitative estimate of drug-likeness (QED) is 0.869. The number of benzene rings is 2. The third kappa shape index (κ3) is 3.06. The SMILES string of the molecule is Cc1c(Cl)cccc1NC(=O)N(C)c1ccccc1. The minimum absolute atomic E-state index is 0.198. The van der Waals surface area contributed by atoms with Gasteiger partial charge in [0.2, 0.25) is 0 Å². The molecule has 2 aromatic rings. The number of hydrogen-bond donors (Lipinski definition) is 1. The van der Waals surface area contributed by atoms with E-state index in [1.54, 1.807) is 18.0 Å². The number of halogens is 1. The van der Waals surface area contributed by atoms with E-state index in [2.05, 4.69) is 5.32 Å². The molecular formula is C15H15ClN2O. The van der Waals surface area contributed by atoms with E-state index in [0.29, 0.717) is 5.02 Å². The Morgan fingerprint density at radius 1 is 1.11 bits per heavy atom. The number of para-hydroxylation sites is 1. The van der Waals surface area contributed by atoms with Crippen LogP contribution in [0.3, 0.4) is 0 Å². The maximum atomic E-state index is 12.1. The van der Waals surface area contributed by atoms with Crippen molar-refractivity contribution in [1.29, 1.82) is 0 Å². The zero-order chi connectivity index (χ0) is 13.8. The van der Waals surface area contributed by atoms with Crippen molar-refractivity contribution in [1.82, 2.24) is 0 Å². The van der Waals surface area contributed by atoms with Crippen LogP contribution in [-0.4, -0.2) is 13.1 Å². The molecule has 4 heteroatoms. The number of nitrogens with one attached hydrogen (secondary N) is 1. The van der Waals surface area contributed by atoms with Crippen molar-refractivity contribution in [2.45, 2.75) is 6.92 Å². The van der Waals surface area contributed by atoms with Crippen LogP contribution in [0.25, 0.3) is 0 Å². The van der Waals surface area contributed by atoms with E-state index in [4.69, 9.17) is 11.6 Å². The maximum absolute atomic E-state index is 12.1. The predicted molar refractivity (Wildman–Crippen MR) is 80.1 cm³/mol. The Bertz CT molecular complexity index is 584. The first-order valence-electron chi connectivity index (χ1n) is 5.94. The van der Waals surface area contributed by atoms with E-state index < -0.39 is 0 Å². The summed E-state index contributed by atoms with van der Waals surface area (Å²) in [5, 5.41) is 3.49. The highest BCUT2D eigenvalue weighted by Gasteiger charge is 2.12. The van der Waals surface area contributed by atoms with Gasteiger partial charge >= 0.3 is 6.03 Å². The summed E-state index contributed by atoms with van der Waals surface area (Å²) in [5.41, 5.74) is 2.42. The lowest BCUT2D eigenvalue weighted by atomic mass is 10.2. The van der Waals surface area contributed by atoms with Crippen molar-refractivity contribution in [2.24, 2.45) is 0 Å². The molecule has 0 bridgehead atoms. The molecule has 3 nitrogen and oxygen atoms in total. The van der Waals surface area contributed by atoms with Crippen molar-refractivity contribution < 1.29 is 4.79 Å². The predicted octanol–water partition coefficient (Wildman–Crippen LogP) is 4.32. The molecule has 0 saturated heterocycles. The van der Waals surface area contributed by atoms with Crippen LogP contribution in [0.5, 0.6) is 0 Å². The Kier molecular flexibility index (Phi) is 4.07. The molecule has 0 heterocycles. The van der Waals surface area contributed by atoms with Crippen molar-refractivity contribution >= 4 is 29.0 Å². The van der Waals surface area contributed by atoms with Crippen LogP contribution in [0.1, 0.15) is 5.56 Å². The maximum Gasteiger partial charge on any atom is 0.326 e. The molecule has 0 aliphatic rings. The van der Waals surface area contributed by atoms with Crippen molar-refractivity contribution in [2.75, 3.05) is 17.3 Å². The number of anilines is 2. The van der Waals surface area contributed by atoms with Gasteiger partial charge in [0.15, 0.2) is 0 Å². The normalized spacial score (nSPS) is 10.1. The number of rotatable bonds is 2. The Morgan fingerprint density at radius 3 is 2.47 bits per heavy atom. The number of carbonyl (C=O) groups excluding carboxylic acids is 1. The molecule has 2 rings (SSSR count). The van der Waals surface area contributed by atoms with Gasteiger partial charge in [-0.1, -0.05) is 35.9 Å². The summed E-state index contributed by atoms with van der Waals surface area (Å²) in [6.45, 7) is 1.88. The third-order valence-electron chi connectivity index (χ3n) is 2.96. The minimum Gasteiger partial charge on any atom is -0.307 e. The molecule has 0 aliphatic heterocycles. The fourth-order valence-electron chi connectivity index (χ4n) is 1.71. The van der Waals surface area contributed by atoms with Crippen LogP contribution in [-0.2, 0) is 0 Å². The summed E-state index contributed by atoms with van der Waals surface area (Å²) in [5.74, 6) is 0. The molecule has 19 heavy (non-hydrogen) atoms. The lowest BCUT2D eigenvalue weighted by Crippen LogP contribution is -2.31. The third-order valence-corrected chi connectivity index (χ3v) is 3.37. The highest BCUT2D eigenvalue weighted by molar-refractivity contribution is 6.31. The van der Waals surface area contributed by atoms with Crippen LogP contribution in [0, 0.1) is 6.92 Å². The average molecular weight is 275 g/mol. The monoisotopic (exact) mass is 274 g/mol. The van der Waals surface area contributed by atoms with Crippen LogP contribution >= 0.6 is 11.6 Å². The first-order chi connectivity index (χ1) is 9.09. The highest BCUT2D eigenvalue weighted by Crippen LogP contribution is 2.23. The van der Waals surface area contributed by atoms with E-state index in [9.17, 15) is 4.79 Å². The van der Waals surface area contributed by atoms with Crippen molar-refractivity contribution in [3.05, 3.63) is 59.1 Å². The number of hydrogen-bond acceptors (Lipinski definition) is 1. The zero-order valence-corrected chi connectivity index (χ0v) is 11.6. The molecule has 0 atom stereocenters. The molecule has 0 fully saturated rings. The average Bonchev–Trinajstić information content (AvgIpc) is 2.44. The standard InChI is InChI=1S/C15H15ClN2O/c1-11-13(16)9-6-10-14(11)17-15(19)18(2)12-7-4-3-5-8-12/h3-10H,1-2H3,(H,17,19). The van der Waals surface area contributed by atoms with Crippen LogP contribution < -0.4 is 10.2 Å². The summed E-state index contributed by atoms with van der Waals surface area (Å²) in [6.07, 6.45) is 0. The molecule has 0 unspecified atom stereocenters. The molecule has 98 valence electrons. The second-order valence-corrected chi connectivity index (χ2v) is 4.64. The van der Waals surface area contributed by atoms with Crippen LogP contribution in [0.15, 0.2) is 48.5 Å². The number of carbonyl (C=O) groups is 1.